The third-order valence-corrected chi connectivity index (χ3v) is 2.32. The number of hydrogen-bond donors (Lipinski definition) is 0. The SMILES string of the molecule is O=[N+]([O-])c1c(Br)ncc(C(F)F)c1C(F)(F)F. The molecule has 0 bridgehead atoms. The first-order valence-electron chi connectivity index (χ1n) is 3.84. The van der Waals surface area contributed by atoms with Crippen molar-refractivity contribution in [1.29, 1.82) is 0 Å². The zero-order chi connectivity index (χ0) is 13.4. The largest absolute Gasteiger partial charge is 0.423 e. The Morgan fingerprint density at radius 2 is 1.94 bits per heavy atom. The van der Waals surface area contributed by atoms with Gasteiger partial charge in [-0.15, -0.1) is 0 Å². The molecule has 17 heavy (non-hydrogen) atoms. The van der Waals surface area contributed by atoms with Gasteiger partial charge >= 0.3 is 11.9 Å². The van der Waals surface area contributed by atoms with Gasteiger partial charge in [-0.3, -0.25) is 10.1 Å². The van der Waals surface area contributed by atoms with Crippen molar-refractivity contribution in [3.8, 4) is 0 Å². The molecule has 1 aromatic rings. The first-order chi connectivity index (χ1) is 7.66. The summed E-state index contributed by atoms with van der Waals surface area (Å²) in [5, 5.41) is 10.5. The van der Waals surface area contributed by atoms with E-state index >= 15 is 0 Å². The molecule has 0 aliphatic carbocycles. The number of halogens is 6. The summed E-state index contributed by atoms with van der Waals surface area (Å²) in [6, 6.07) is 0. The smallest absolute Gasteiger partial charge is 0.258 e. The van der Waals surface area contributed by atoms with Crippen LogP contribution in [0.3, 0.4) is 0 Å². The van der Waals surface area contributed by atoms with Crippen molar-refractivity contribution < 1.29 is 26.9 Å². The highest BCUT2D eigenvalue weighted by atomic mass is 79.9. The van der Waals surface area contributed by atoms with Gasteiger partial charge in [0, 0.05) is 6.20 Å². The number of nitro groups is 1. The molecule has 4 nitrogen and oxygen atoms in total. The van der Waals surface area contributed by atoms with Crippen LogP contribution >= 0.6 is 15.9 Å². The molecule has 10 heteroatoms. The van der Waals surface area contributed by atoms with Crippen LogP contribution in [0, 0.1) is 10.1 Å². The fourth-order valence-corrected chi connectivity index (χ4v) is 1.57. The predicted molar refractivity (Wildman–Crippen MR) is 48.6 cm³/mol. The van der Waals surface area contributed by atoms with E-state index in [0.717, 1.165) is 0 Å². The van der Waals surface area contributed by atoms with Crippen molar-refractivity contribution in [2.24, 2.45) is 0 Å². The predicted octanol–water partition coefficient (Wildman–Crippen LogP) is 3.71. The van der Waals surface area contributed by atoms with E-state index < -0.39 is 38.9 Å². The lowest BCUT2D eigenvalue weighted by Gasteiger charge is -2.12. The number of rotatable bonds is 2. The molecule has 94 valence electrons. The van der Waals surface area contributed by atoms with Crippen molar-refractivity contribution in [1.82, 2.24) is 4.98 Å². The Morgan fingerprint density at radius 1 is 1.41 bits per heavy atom. The number of hydrogen-bond acceptors (Lipinski definition) is 3. The zero-order valence-electron chi connectivity index (χ0n) is 7.63. The highest BCUT2D eigenvalue weighted by Crippen LogP contribution is 2.43. The molecule has 0 N–H and O–H groups in total. The van der Waals surface area contributed by atoms with E-state index in [1.807, 2.05) is 0 Å². The van der Waals surface area contributed by atoms with Gasteiger partial charge in [0.05, 0.1) is 10.5 Å². The van der Waals surface area contributed by atoms with Crippen LogP contribution in [-0.4, -0.2) is 9.91 Å². The summed E-state index contributed by atoms with van der Waals surface area (Å²) in [6.45, 7) is 0. The first kappa shape index (κ1) is 13.7. The number of nitrogens with zero attached hydrogens (tertiary/aromatic N) is 2. The van der Waals surface area contributed by atoms with E-state index in [2.05, 4.69) is 20.9 Å². The summed E-state index contributed by atoms with van der Waals surface area (Å²) in [5.74, 6) is 0. The average Bonchev–Trinajstić information content (AvgIpc) is 2.14. The highest BCUT2D eigenvalue weighted by molar-refractivity contribution is 9.10. The minimum absolute atomic E-state index is 0.255. The summed E-state index contributed by atoms with van der Waals surface area (Å²) in [5.41, 5.74) is -5.03. The van der Waals surface area contributed by atoms with E-state index in [1.165, 1.54) is 0 Å². The van der Waals surface area contributed by atoms with Crippen molar-refractivity contribution in [2.45, 2.75) is 12.6 Å². The van der Waals surface area contributed by atoms with Crippen molar-refractivity contribution in [3.63, 3.8) is 0 Å². The van der Waals surface area contributed by atoms with Crippen molar-refractivity contribution in [3.05, 3.63) is 32.0 Å². The van der Waals surface area contributed by atoms with Crippen LogP contribution in [0.15, 0.2) is 10.8 Å². The third kappa shape index (κ3) is 2.68. The minimum Gasteiger partial charge on any atom is -0.258 e. The van der Waals surface area contributed by atoms with Crippen molar-refractivity contribution >= 4 is 21.6 Å². The minimum atomic E-state index is -5.26. The summed E-state index contributed by atoms with van der Waals surface area (Å²) in [7, 11) is 0. The molecule has 1 aromatic heterocycles. The maximum absolute atomic E-state index is 12.5. The van der Waals surface area contributed by atoms with Gasteiger partial charge in [-0.25, -0.2) is 13.8 Å². The Kier molecular flexibility index (Phi) is 3.65. The Morgan fingerprint density at radius 3 is 2.29 bits per heavy atom. The molecule has 0 unspecified atom stereocenters. The van der Waals surface area contributed by atoms with Gasteiger partial charge in [0.15, 0.2) is 4.60 Å². The number of alkyl halides is 5. The highest BCUT2D eigenvalue weighted by Gasteiger charge is 2.44. The monoisotopic (exact) mass is 320 g/mol. The lowest BCUT2D eigenvalue weighted by Crippen LogP contribution is -2.14. The molecule has 1 rings (SSSR count). The quantitative estimate of drug-likeness (QED) is 0.361. The average molecular weight is 321 g/mol. The second-order valence-electron chi connectivity index (χ2n) is 2.78. The van der Waals surface area contributed by atoms with Crippen LogP contribution in [0.4, 0.5) is 27.6 Å². The van der Waals surface area contributed by atoms with Gasteiger partial charge in [-0.2, -0.15) is 13.2 Å². The zero-order valence-corrected chi connectivity index (χ0v) is 9.22. The van der Waals surface area contributed by atoms with Crippen LogP contribution in [0.1, 0.15) is 17.6 Å². The Balaban J connectivity index is 3.68. The van der Waals surface area contributed by atoms with Crippen LogP contribution in [0.2, 0.25) is 0 Å². The third-order valence-electron chi connectivity index (χ3n) is 1.74. The molecule has 0 aliphatic heterocycles. The van der Waals surface area contributed by atoms with Gasteiger partial charge in [-0.05, 0) is 15.9 Å². The fourth-order valence-electron chi connectivity index (χ4n) is 1.12. The van der Waals surface area contributed by atoms with Gasteiger partial charge in [0.2, 0.25) is 0 Å². The molecule has 1 heterocycles. The van der Waals surface area contributed by atoms with Gasteiger partial charge in [0.25, 0.3) is 6.43 Å². The summed E-state index contributed by atoms with van der Waals surface area (Å²) < 4.78 is 61.5. The maximum Gasteiger partial charge on any atom is 0.423 e. The Labute approximate surface area is 98.7 Å². The Hall–Kier alpha value is -1.32. The van der Waals surface area contributed by atoms with Gasteiger partial charge in [-0.1, -0.05) is 0 Å². The van der Waals surface area contributed by atoms with E-state index in [-0.39, 0.29) is 6.20 Å². The van der Waals surface area contributed by atoms with Crippen molar-refractivity contribution in [2.75, 3.05) is 0 Å². The van der Waals surface area contributed by atoms with E-state index in [9.17, 15) is 32.1 Å². The summed E-state index contributed by atoms with van der Waals surface area (Å²) in [4.78, 5) is 12.1. The molecule has 0 fully saturated rings. The molecule has 0 aromatic carbocycles. The van der Waals surface area contributed by atoms with Crippen LogP contribution in [0.5, 0.6) is 0 Å². The summed E-state index contributed by atoms with van der Waals surface area (Å²) >= 11 is 2.43. The Bertz CT molecular complexity index is 462. The molecule has 0 atom stereocenters. The molecule has 0 amide bonds. The standard InChI is InChI=1S/C7H2BrF5N2O2/c8-5-4(15(16)17)3(7(11,12)13)2(1-14-5)6(9)10/h1,6H. The van der Waals surface area contributed by atoms with Crippen LogP contribution in [0.25, 0.3) is 0 Å². The van der Waals surface area contributed by atoms with Crippen LogP contribution < -0.4 is 0 Å². The number of aromatic nitrogens is 1. The molecule has 0 radical (unpaired) electrons. The molecule has 0 aliphatic rings. The second kappa shape index (κ2) is 4.51. The topological polar surface area (TPSA) is 56.0 Å². The van der Waals surface area contributed by atoms with Gasteiger partial charge < -0.3 is 0 Å². The maximum atomic E-state index is 12.5. The van der Waals surface area contributed by atoms with Crippen LogP contribution in [-0.2, 0) is 6.18 Å². The second-order valence-corrected chi connectivity index (χ2v) is 3.53. The first-order valence-corrected chi connectivity index (χ1v) is 4.63. The lowest BCUT2D eigenvalue weighted by molar-refractivity contribution is -0.389. The van der Waals surface area contributed by atoms with E-state index in [1.54, 1.807) is 0 Å². The molecular weight excluding hydrogens is 319 g/mol. The number of pyridine rings is 1. The van der Waals surface area contributed by atoms with E-state index in [4.69, 9.17) is 0 Å². The molecule has 0 saturated carbocycles. The molecule has 0 saturated heterocycles. The lowest BCUT2D eigenvalue weighted by atomic mass is 10.1. The normalized spacial score (nSPS) is 11.9. The fraction of sp³-hybridized carbons (Fsp3) is 0.286. The molecular formula is C7H2BrF5N2O2. The van der Waals surface area contributed by atoms with Gasteiger partial charge in [0.1, 0.15) is 5.56 Å². The molecule has 0 spiro atoms. The van der Waals surface area contributed by atoms with E-state index in [0.29, 0.717) is 0 Å². The summed E-state index contributed by atoms with van der Waals surface area (Å²) in [6.07, 6.45) is -8.52.